The highest BCUT2D eigenvalue weighted by atomic mass is 35.5. The Morgan fingerprint density at radius 2 is 1.85 bits per heavy atom. The van der Waals surface area contributed by atoms with E-state index in [1.165, 1.54) is 6.08 Å². The molecule has 13 heavy (non-hydrogen) atoms. The molecular weight excluding hydrogens is 230 g/mol. The van der Waals surface area contributed by atoms with Gasteiger partial charge in [0.05, 0.1) is 15.1 Å². The van der Waals surface area contributed by atoms with Gasteiger partial charge in [0.25, 0.3) is 0 Å². The summed E-state index contributed by atoms with van der Waals surface area (Å²) >= 11 is 17.4. The van der Waals surface area contributed by atoms with Gasteiger partial charge in [-0.1, -0.05) is 53.0 Å². The molecule has 0 saturated carbocycles. The fourth-order valence-electron chi connectivity index (χ4n) is 0.845. The first kappa shape index (κ1) is 10.9. The van der Waals surface area contributed by atoms with E-state index in [1.54, 1.807) is 18.2 Å². The van der Waals surface area contributed by atoms with Gasteiger partial charge in [-0.3, -0.25) is 0 Å². The van der Waals surface area contributed by atoms with Crippen molar-refractivity contribution in [3.63, 3.8) is 0 Å². The molecule has 0 aliphatic heterocycles. The number of benzene rings is 1. The first-order valence-electron chi connectivity index (χ1n) is 3.55. The summed E-state index contributed by atoms with van der Waals surface area (Å²) in [6, 6.07) is 3.35. The fourth-order valence-corrected chi connectivity index (χ4v) is 1.45. The Balaban J connectivity index is 3.11. The molecule has 1 rings (SSSR count). The van der Waals surface area contributed by atoms with Gasteiger partial charge in [-0.15, -0.1) is 0 Å². The second-order valence-electron chi connectivity index (χ2n) is 2.33. The van der Waals surface area contributed by atoms with E-state index in [-0.39, 0.29) is 6.61 Å². The van der Waals surface area contributed by atoms with Crippen molar-refractivity contribution < 1.29 is 5.11 Å². The van der Waals surface area contributed by atoms with Gasteiger partial charge in [0, 0.05) is 0 Å². The normalized spacial score (nSPS) is 11.1. The van der Waals surface area contributed by atoms with E-state index in [0.29, 0.717) is 20.6 Å². The van der Waals surface area contributed by atoms with Gasteiger partial charge in [-0.2, -0.15) is 0 Å². The Bertz CT molecular complexity index is 334. The molecule has 0 spiro atoms. The molecule has 4 heteroatoms. The van der Waals surface area contributed by atoms with Crippen molar-refractivity contribution in [2.75, 3.05) is 6.61 Å². The van der Waals surface area contributed by atoms with Crippen LogP contribution in [0.3, 0.4) is 0 Å². The number of rotatable bonds is 2. The Hall–Kier alpha value is -0.210. The molecule has 1 aromatic carbocycles. The Labute approximate surface area is 91.5 Å². The van der Waals surface area contributed by atoms with Crippen molar-refractivity contribution in [2.24, 2.45) is 0 Å². The molecule has 0 bridgehead atoms. The zero-order chi connectivity index (χ0) is 9.84. The summed E-state index contributed by atoms with van der Waals surface area (Å²) < 4.78 is 0. The lowest BCUT2D eigenvalue weighted by molar-refractivity contribution is 0.233. The molecule has 0 aliphatic carbocycles. The molecular formula is C9H6Cl3O. The van der Waals surface area contributed by atoms with Gasteiger partial charge < -0.3 is 0 Å². The van der Waals surface area contributed by atoms with Crippen LogP contribution < -0.4 is 0 Å². The summed E-state index contributed by atoms with van der Waals surface area (Å²) in [5.74, 6) is 0. The minimum atomic E-state index is -0.281. The number of hydrogen-bond acceptors (Lipinski definition) is 0. The van der Waals surface area contributed by atoms with E-state index in [1.807, 2.05) is 0 Å². The van der Waals surface area contributed by atoms with Crippen molar-refractivity contribution >= 4 is 40.9 Å². The molecule has 1 nitrogen and oxygen atoms in total. The van der Waals surface area contributed by atoms with Crippen LogP contribution >= 0.6 is 34.8 Å². The van der Waals surface area contributed by atoms with Crippen LogP contribution in [-0.2, 0) is 5.11 Å². The summed E-state index contributed by atoms with van der Waals surface area (Å²) in [4.78, 5) is 0. The second kappa shape index (κ2) is 4.87. The van der Waals surface area contributed by atoms with E-state index in [9.17, 15) is 5.11 Å². The Morgan fingerprint density at radius 3 is 2.46 bits per heavy atom. The molecule has 0 heterocycles. The number of hydrogen-bond donors (Lipinski definition) is 0. The maximum atomic E-state index is 10.2. The van der Waals surface area contributed by atoms with E-state index in [4.69, 9.17) is 34.8 Å². The predicted octanol–water partition coefficient (Wildman–Crippen LogP) is 4.09. The zero-order valence-electron chi connectivity index (χ0n) is 6.56. The minimum Gasteiger partial charge on any atom is -0.232 e. The molecule has 0 amide bonds. The van der Waals surface area contributed by atoms with Gasteiger partial charge in [0.15, 0.2) is 0 Å². The Morgan fingerprint density at radius 1 is 1.15 bits per heavy atom. The summed E-state index contributed by atoms with van der Waals surface area (Å²) in [5, 5.41) is 11.3. The van der Waals surface area contributed by atoms with Crippen LogP contribution in [0.2, 0.25) is 15.1 Å². The summed E-state index contributed by atoms with van der Waals surface area (Å²) in [6.07, 6.45) is 3.09. The first-order valence-corrected chi connectivity index (χ1v) is 4.68. The van der Waals surface area contributed by atoms with Crippen LogP contribution in [0.25, 0.3) is 6.08 Å². The lowest BCUT2D eigenvalue weighted by atomic mass is 10.2. The van der Waals surface area contributed by atoms with Gasteiger partial charge in [-0.25, -0.2) is 5.11 Å². The van der Waals surface area contributed by atoms with Crippen LogP contribution in [0.1, 0.15) is 5.56 Å². The molecule has 69 valence electrons. The zero-order valence-corrected chi connectivity index (χ0v) is 8.83. The molecule has 0 unspecified atom stereocenters. The van der Waals surface area contributed by atoms with E-state index >= 15 is 0 Å². The lowest BCUT2D eigenvalue weighted by Crippen LogP contribution is -1.79. The third kappa shape index (κ3) is 2.61. The smallest absolute Gasteiger partial charge is 0.101 e. The molecule has 0 fully saturated rings. The third-order valence-electron chi connectivity index (χ3n) is 1.46. The standard InChI is InChI=1S/C9H6Cl3O/c10-7-4-3-6(2-1-5-13)8(11)9(7)12/h1-4H,5H2/b2-1+. The van der Waals surface area contributed by atoms with Crippen LogP contribution in [-0.4, -0.2) is 6.61 Å². The topological polar surface area (TPSA) is 19.9 Å². The van der Waals surface area contributed by atoms with Gasteiger partial charge >= 0.3 is 0 Å². The quantitative estimate of drug-likeness (QED) is 0.689. The molecule has 1 aromatic rings. The van der Waals surface area contributed by atoms with Crippen LogP contribution in [0.4, 0.5) is 0 Å². The molecule has 0 saturated heterocycles. The maximum absolute atomic E-state index is 10.2. The second-order valence-corrected chi connectivity index (χ2v) is 3.50. The Kier molecular flexibility index (Phi) is 4.07. The predicted molar refractivity (Wildman–Crippen MR) is 56.1 cm³/mol. The number of halogens is 3. The van der Waals surface area contributed by atoms with Crippen molar-refractivity contribution in [1.82, 2.24) is 0 Å². The van der Waals surface area contributed by atoms with Crippen LogP contribution in [0.5, 0.6) is 0 Å². The van der Waals surface area contributed by atoms with Crippen LogP contribution in [0, 0.1) is 0 Å². The fraction of sp³-hybridized carbons (Fsp3) is 0.111. The highest BCUT2D eigenvalue weighted by Gasteiger charge is 2.05. The van der Waals surface area contributed by atoms with Crippen LogP contribution in [0.15, 0.2) is 18.2 Å². The largest absolute Gasteiger partial charge is 0.232 e. The van der Waals surface area contributed by atoms with E-state index in [0.717, 1.165) is 0 Å². The van der Waals surface area contributed by atoms with Crippen molar-refractivity contribution in [3.05, 3.63) is 38.8 Å². The lowest BCUT2D eigenvalue weighted by Gasteiger charge is -2.01. The summed E-state index contributed by atoms with van der Waals surface area (Å²) in [6.45, 7) is -0.281. The van der Waals surface area contributed by atoms with Crippen molar-refractivity contribution in [1.29, 1.82) is 0 Å². The van der Waals surface area contributed by atoms with Crippen molar-refractivity contribution in [2.45, 2.75) is 0 Å². The SMILES string of the molecule is [O]C/C=C/c1ccc(Cl)c(Cl)c1Cl. The average molecular weight is 237 g/mol. The average Bonchev–Trinajstić information content (AvgIpc) is 2.13. The van der Waals surface area contributed by atoms with E-state index < -0.39 is 0 Å². The van der Waals surface area contributed by atoms with E-state index in [2.05, 4.69) is 0 Å². The minimum absolute atomic E-state index is 0.281. The van der Waals surface area contributed by atoms with Gasteiger partial charge in [0.1, 0.15) is 6.61 Å². The summed E-state index contributed by atoms with van der Waals surface area (Å²) in [7, 11) is 0. The van der Waals surface area contributed by atoms with Gasteiger partial charge in [-0.05, 0) is 11.6 Å². The third-order valence-corrected chi connectivity index (χ3v) is 2.77. The molecule has 0 aromatic heterocycles. The van der Waals surface area contributed by atoms with Crippen molar-refractivity contribution in [3.8, 4) is 0 Å². The first-order chi connectivity index (χ1) is 6.16. The maximum Gasteiger partial charge on any atom is 0.101 e. The monoisotopic (exact) mass is 235 g/mol. The summed E-state index contributed by atoms with van der Waals surface area (Å²) in [5.41, 5.74) is 0.701. The molecule has 1 radical (unpaired) electrons. The molecule has 0 N–H and O–H groups in total. The molecule has 0 aliphatic rings. The van der Waals surface area contributed by atoms with Gasteiger partial charge in [0.2, 0.25) is 0 Å². The highest BCUT2D eigenvalue weighted by Crippen LogP contribution is 2.33. The highest BCUT2D eigenvalue weighted by molar-refractivity contribution is 6.48. The molecule has 0 atom stereocenters.